The summed E-state index contributed by atoms with van der Waals surface area (Å²) in [6.45, 7) is 3.34. The van der Waals surface area contributed by atoms with Crippen LogP contribution in [0.4, 0.5) is 5.82 Å². The van der Waals surface area contributed by atoms with Crippen molar-refractivity contribution in [2.24, 2.45) is 7.05 Å². The number of carbonyl (C=O) groups is 1. The van der Waals surface area contributed by atoms with Crippen LogP contribution in [-0.4, -0.2) is 34.6 Å². The van der Waals surface area contributed by atoms with Gasteiger partial charge in [0.15, 0.2) is 5.82 Å². The van der Waals surface area contributed by atoms with E-state index in [1.165, 1.54) is 15.9 Å². The van der Waals surface area contributed by atoms with Crippen LogP contribution in [-0.2, 0) is 7.05 Å². The molecule has 7 heteroatoms. The Hall–Kier alpha value is -2.15. The van der Waals surface area contributed by atoms with Crippen molar-refractivity contribution in [1.29, 1.82) is 0 Å². The number of rotatable bonds is 3. The fraction of sp³-hybridized carbons (Fsp3) is 0.438. The fourth-order valence-electron chi connectivity index (χ4n) is 2.85. The largest absolute Gasteiger partial charge is 0.350 e. The Morgan fingerprint density at radius 2 is 2.26 bits per heavy atom. The van der Waals surface area contributed by atoms with Gasteiger partial charge in [-0.05, 0) is 30.7 Å². The Morgan fingerprint density at radius 3 is 3.00 bits per heavy atom. The minimum atomic E-state index is -0.104. The standard InChI is InChI=1S/C16H20N4O2S/c1-11-9-23-10-13(11)15(21)18-12-4-3-6-20(8-12)14-16(22)19(2)7-5-17-14/h5,7,9-10,12H,3-4,6,8H2,1-2H3,(H,18,21)/t12-/m0/s1. The first-order chi connectivity index (χ1) is 11.1. The summed E-state index contributed by atoms with van der Waals surface area (Å²) in [6.07, 6.45) is 5.12. The molecular formula is C16H20N4O2S. The summed E-state index contributed by atoms with van der Waals surface area (Å²) in [7, 11) is 1.72. The van der Waals surface area contributed by atoms with Crippen LogP contribution in [0.5, 0.6) is 0 Å². The van der Waals surface area contributed by atoms with Crippen LogP contribution in [0.15, 0.2) is 27.9 Å². The molecule has 3 rings (SSSR count). The van der Waals surface area contributed by atoms with Gasteiger partial charge in [-0.15, -0.1) is 0 Å². The van der Waals surface area contributed by atoms with E-state index in [1.807, 2.05) is 22.6 Å². The van der Waals surface area contributed by atoms with Gasteiger partial charge in [-0.25, -0.2) is 4.98 Å². The van der Waals surface area contributed by atoms with Crippen molar-refractivity contribution in [3.63, 3.8) is 0 Å². The van der Waals surface area contributed by atoms with Crippen LogP contribution >= 0.6 is 11.3 Å². The van der Waals surface area contributed by atoms with Crippen LogP contribution in [0.1, 0.15) is 28.8 Å². The second kappa shape index (κ2) is 6.54. The quantitative estimate of drug-likeness (QED) is 0.926. The van der Waals surface area contributed by atoms with Crippen molar-refractivity contribution < 1.29 is 4.79 Å². The monoisotopic (exact) mass is 332 g/mol. The van der Waals surface area contributed by atoms with E-state index in [9.17, 15) is 9.59 Å². The van der Waals surface area contributed by atoms with Gasteiger partial charge in [0.25, 0.3) is 11.5 Å². The van der Waals surface area contributed by atoms with E-state index in [2.05, 4.69) is 10.3 Å². The zero-order valence-electron chi connectivity index (χ0n) is 13.3. The average molecular weight is 332 g/mol. The first kappa shape index (κ1) is 15.7. The first-order valence-corrected chi connectivity index (χ1v) is 8.61. The minimum absolute atomic E-state index is 0.0299. The second-order valence-electron chi connectivity index (χ2n) is 5.89. The molecule has 1 amide bonds. The van der Waals surface area contributed by atoms with Crippen molar-refractivity contribution in [3.8, 4) is 0 Å². The number of anilines is 1. The molecular weight excluding hydrogens is 312 g/mol. The van der Waals surface area contributed by atoms with Gasteiger partial charge in [0.05, 0.1) is 5.56 Å². The summed E-state index contributed by atoms with van der Waals surface area (Å²) in [5, 5.41) is 6.93. The molecule has 6 nitrogen and oxygen atoms in total. The number of thiophene rings is 1. The molecule has 0 saturated carbocycles. The molecule has 0 spiro atoms. The Balaban J connectivity index is 1.71. The van der Waals surface area contributed by atoms with E-state index in [0.717, 1.165) is 30.5 Å². The van der Waals surface area contributed by atoms with Gasteiger partial charge in [-0.3, -0.25) is 9.59 Å². The summed E-state index contributed by atoms with van der Waals surface area (Å²) >= 11 is 1.53. The third-order valence-corrected chi connectivity index (χ3v) is 5.02. The van der Waals surface area contributed by atoms with Gasteiger partial charge in [-0.1, -0.05) is 0 Å². The van der Waals surface area contributed by atoms with Gasteiger partial charge in [0, 0.05) is 44.0 Å². The third-order valence-electron chi connectivity index (χ3n) is 4.16. The van der Waals surface area contributed by atoms with Crippen molar-refractivity contribution >= 4 is 23.1 Å². The Morgan fingerprint density at radius 1 is 1.43 bits per heavy atom. The molecule has 0 aliphatic carbocycles. The van der Waals surface area contributed by atoms with Crippen molar-refractivity contribution in [1.82, 2.24) is 14.9 Å². The Bertz CT molecular complexity index is 767. The summed E-state index contributed by atoms with van der Waals surface area (Å²) in [6, 6.07) is 0.0299. The fourth-order valence-corrected chi connectivity index (χ4v) is 3.67. The molecule has 2 aromatic rings. The highest BCUT2D eigenvalue weighted by Crippen LogP contribution is 2.17. The van der Waals surface area contributed by atoms with Crippen LogP contribution < -0.4 is 15.8 Å². The summed E-state index contributed by atoms with van der Waals surface area (Å²) < 4.78 is 1.53. The lowest BCUT2D eigenvalue weighted by Gasteiger charge is -2.33. The molecule has 0 radical (unpaired) electrons. The predicted molar refractivity (Wildman–Crippen MR) is 91.2 cm³/mol. The highest BCUT2D eigenvalue weighted by atomic mass is 32.1. The number of aromatic nitrogens is 2. The smallest absolute Gasteiger partial charge is 0.293 e. The normalized spacial score (nSPS) is 18.0. The SMILES string of the molecule is Cc1cscc1C(=O)N[C@H]1CCCN(c2nccn(C)c2=O)C1. The van der Waals surface area contributed by atoms with Crippen molar-refractivity contribution in [2.45, 2.75) is 25.8 Å². The predicted octanol–water partition coefficient (Wildman–Crippen LogP) is 1.55. The van der Waals surface area contributed by atoms with Crippen molar-refractivity contribution in [3.05, 3.63) is 44.6 Å². The van der Waals surface area contributed by atoms with E-state index in [-0.39, 0.29) is 17.5 Å². The number of piperidine rings is 1. The van der Waals surface area contributed by atoms with Crippen LogP contribution in [0.25, 0.3) is 0 Å². The Kier molecular flexibility index (Phi) is 4.47. The molecule has 0 aromatic carbocycles. The number of nitrogens with one attached hydrogen (secondary N) is 1. The molecule has 1 saturated heterocycles. The third kappa shape index (κ3) is 3.29. The van der Waals surface area contributed by atoms with Gasteiger partial charge in [-0.2, -0.15) is 11.3 Å². The summed E-state index contributed by atoms with van der Waals surface area (Å²) in [5.41, 5.74) is 1.63. The zero-order chi connectivity index (χ0) is 16.4. The lowest BCUT2D eigenvalue weighted by atomic mass is 10.0. The molecule has 23 heavy (non-hydrogen) atoms. The molecule has 3 heterocycles. The van der Waals surface area contributed by atoms with E-state index in [0.29, 0.717) is 12.4 Å². The van der Waals surface area contributed by atoms with Gasteiger partial charge >= 0.3 is 0 Å². The lowest BCUT2D eigenvalue weighted by molar-refractivity contribution is 0.0933. The van der Waals surface area contributed by atoms with E-state index < -0.39 is 0 Å². The number of hydrogen-bond donors (Lipinski definition) is 1. The molecule has 0 bridgehead atoms. The summed E-state index contributed by atoms with van der Waals surface area (Å²) in [5.74, 6) is 0.421. The maximum absolute atomic E-state index is 12.4. The van der Waals surface area contributed by atoms with Gasteiger partial charge < -0.3 is 14.8 Å². The zero-order valence-corrected chi connectivity index (χ0v) is 14.1. The maximum atomic E-state index is 12.4. The molecule has 122 valence electrons. The molecule has 1 aliphatic heterocycles. The molecule has 2 aromatic heterocycles. The maximum Gasteiger partial charge on any atom is 0.293 e. The molecule has 1 atom stereocenters. The van der Waals surface area contributed by atoms with E-state index in [4.69, 9.17) is 0 Å². The first-order valence-electron chi connectivity index (χ1n) is 7.66. The molecule has 1 aliphatic rings. The second-order valence-corrected chi connectivity index (χ2v) is 6.64. The van der Waals surface area contributed by atoms with E-state index in [1.54, 1.807) is 19.4 Å². The molecule has 1 N–H and O–H groups in total. The lowest BCUT2D eigenvalue weighted by Crippen LogP contribution is -2.49. The van der Waals surface area contributed by atoms with E-state index >= 15 is 0 Å². The number of hydrogen-bond acceptors (Lipinski definition) is 5. The van der Waals surface area contributed by atoms with Gasteiger partial charge in [0.2, 0.25) is 0 Å². The molecule has 1 fully saturated rings. The molecule has 0 unspecified atom stereocenters. The number of aryl methyl sites for hydroxylation is 2. The van der Waals surface area contributed by atoms with Crippen LogP contribution in [0, 0.1) is 6.92 Å². The topological polar surface area (TPSA) is 67.2 Å². The van der Waals surface area contributed by atoms with Crippen molar-refractivity contribution in [2.75, 3.05) is 18.0 Å². The highest BCUT2D eigenvalue weighted by Gasteiger charge is 2.25. The van der Waals surface area contributed by atoms with Crippen LogP contribution in [0.3, 0.4) is 0 Å². The van der Waals surface area contributed by atoms with Gasteiger partial charge in [0.1, 0.15) is 0 Å². The average Bonchev–Trinajstić information content (AvgIpc) is 2.96. The summed E-state index contributed by atoms with van der Waals surface area (Å²) in [4.78, 5) is 30.7. The Labute approximate surface area is 138 Å². The van der Waals surface area contributed by atoms with Crippen LogP contribution in [0.2, 0.25) is 0 Å². The minimum Gasteiger partial charge on any atom is -0.350 e. The highest BCUT2D eigenvalue weighted by molar-refractivity contribution is 7.08. The number of nitrogens with zero attached hydrogens (tertiary/aromatic N) is 3. The number of amides is 1. The number of carbonyl (C=O) groups excluding carboxylic acids is 1.